The Bertz CT molecular complexity index is 1000. The molecule has 0 radical (unpaired) electrons. The zero-order valence-corrected chi connectivity index (χ0v) is 17.3. The summed E-state index contributed by atoms with van der Waals surface area (Å²) < 4.78 is 11.4. The molecule has 0 aliphatic heterocycles. The predicted octanol–water partition coefficient (Wildman–Crippen LogP) is 4.83. The van der Waals surface area contributed by atoms with Crippen LogP contribution >= 0.6 is 0 Å². The van der Waals surface area contributed by atoms with E-state index in [1.807, 2.05) is 74.2 Å². The molecular weight excluding hydrogens is 366 g/mol. The summed E-state index contributed by atoms with van der Waals surface area (Å²) in [5.74, 6) is 1.48. The van der Waals surface area contributed by atoms with Gasteiger partial charge in [0.05, 0.1) is 12.2 Å². The van der Waals surface area contributed by atoms with Crippen molar-refractivity contribution in [2.24, 2.45) is 5.16 Å². The number of hydrogen-bond donors (Lipinski definition) is 1. The van der Waals surface area contributed by atoms with Crippen LogP contribution in [0.2, 0.25) is 0 Å². The smallest absolute Gasteiger partial charge is 0.230 e. The van der Waals surface area contributed by atoms with E-state index < -0.39 is 0 Å². The number of amidine groups is 1. The standard InChI is InChI=1S/C23H27N3O3/c1-16(2)26(13-14-28-4)22(25-27)21-12-9-17(3)24-23(21)29-20-11-10-18-7-5-6-8-19(18)15-20/h5-12,15-16,27H,13-14H2,1-4H3/b25-22-. The first-order valence-corrected chi connectivity index (χ1v) is 9.65. The number of aromatic nitrogens is 1. The average Bonchev–Trinajstić information content (AvgIpc) is 2.71. The van der Waals surface area contributed by atoms with Crippen molar-refractivity contribution in [2.75, 3.05) is 20.3 Å². The van der Waals surface area contributed by atoms with Gasteiger partial charge >= 0.3 is 0 Å². The van der Waals surface area contributed by atoms with Crippen molar-refractivity contribution in [1.82, 2.24) is 9.88 Å². The Morgan fingerprint density at radius 3 is 2.55 bits per heavy atom. The van der Waals surface area contributed by atoms with E-state index in [2.05, 4.69) is 16.2 Å². The van der Waals surface area contributed by atoms with Crippen molar-refractivity contribution in [3.05, 3.63) is 65.9 Å². The number of fused-ring (bicyclic) bond motifs is 1. The molecule has 3 rings (SSSR count). The first-order valence-electron chi connectivity index (χ1n) is 9.65. The van der Waals surface area contributed by atoms with Gasteiger partial charge in [-0.1, -0.05) is 35.5 Å². The van der Waals surface area contributed by atoms with Gasteiger partial charge in [0.15, 0.2) is 5.84 Å². The van der Waals surface area contributed by atoms with Crippen LogP contribution in [-0.2, 0) is 4.74 Å². The molecule has 1 aromatic heterocycles. The van der Waals surface area contributed by atoms with Gasteiger partial charge in [-0.25, -0.2) is 4.98 Å². The highest BCUT2D eigenvalue weighted by molar-refractivity contribution is 6.00. The Balaban J connectivity index is 1.99. The van der Waals surface area contributed by atoms with Crippen molar-refractivity contribution < 1.29 is 14.7 Å². The molecule has 6 nitrogen and oxygen atoms in total. The fourth-order valence-electron chi connectivity index (χ4n) is 3.19. The maximum absolute atomic E-state index is 9.82. The molecule has 0 aliphatic rings. The van der Waals surface area contributed by atoms with E-state index in [1.54, 1.807) is 7.11 Å². The zero-order chi connectivity index (χ0) is 20.8. The number of methoxy groups -OCH3 is 1. The minimum Gasteiger partial charge on any atom is -0.438 e. The molecule has 6 heteroatoms. The normalized spacial score (nSPS) is 11.8. The summed E-state index contributed by atoms with van der Waals surface area (Å²) in [6.07, 6.45) is 0. The van der Waals surface area contributed by atoms with Gasteiger partial charge in [-0.2, -0.15) is 0 Å². The molecule has 0 aliphatic carbocycles. The van der Waals surface area contributed by atoms with Crippen LogP contribution in [0.4, 0.5) is 0 Å². The molecule has 0 bridgehead atoms. The lowest BCUT2D eigenvalue weighted by molar-refractivity contribution is 0.164. The van der Waals surface area contributed by atoms with Crippen molar-refractivity contribution in [3.63, 3.8) is 0 Å². The van der Waals surface area contributed by atoms with E-state index in [0.717, 1.165) is 16.5 Å². The Kier molecular flexibility index (Phi) is 6.67. The van der Waals surface area contributed by atoms with Gasteiger partial charge in [0, 0.05) is 25.4 Å². The Morgan fingerprint density at radius 2 is 1.86 bits per heavy atom. The van der Waals surface area contributed by atoms with E-state index in [4.69, 9.17) is 9.47 Å². The first-order chi connectivity index (χ1) is 14.0. The second-order valence-corrected chi connectivity index (χ2v) is 7.12. The van der Waals surface area contributed by atoms with Crippen LogP contribution < -0.4 is 4.74 Å². The van der Waals surface area contributed by atoms with Crippen molar-refractivity contribution in [3.8, 4) is 11.6 Å². The summed E-state index contributed by atoms with van der Waals surface area (Å²) in [6.45, 7) is 7.06. The van der Waals surface area contributed by atoms with Gasteiger partial charge in [0.1, 0.15) is 5.75 Å². The van der Waals surface area contributed by atoms with Gasteiger partial charge in [0.25, 0.3) is 0 Å². The van der Waals surface area contributed by atoms with Gasteiger partial charge in [-0.15, -0.1) is 0 Å². The Morgan fingerprint density at radius 1 is 1.10 bits per heavy atom. The summed E-state index contributed by atoms with van der Waals surface area (Å²) in [7, 11) is 1.65. The Labute approximate surface area is 171 Å². The second-order valence-electron chi connectivity index (χ2n) is 7.12. The molecule has 0 unspecified atom stereocenters. The lowest BCUT2D eigenvalue weighted by Crippen LogP contribution is -2.40. The number of pyridine rings is 1. The highest BCUT2D eigenvalue weighted by Crippen LogP contribution is 2.28. The van der Waals surface area contributed by atoms with Crippen LogP contribution in [0.15, 0.2) is 59.8 Å². The number of hydrogen-bond acceptors (Lipinski definition) is 5. The summed E-state index contributed by atoms with van der Waals surface area (Å²) in [6, 6.07) is 17.9. The maximum Gasteiger partial charge on any atom is 0.230 e. The van der Waals surface area contributed by atoms with Crippen LogP contribution in [0.3, 0.4) is 0 Å². The average molecular weight is 393 g/mol. The van der Waals surface area contributed by atoms with Crippen LogP contribution in [-0.4, -0.2) is 47.2 Å². The fraction of sp³-hybridized carbons (Fsp3) is 0.304. The highest BCUT2D eigenvalue weighted by Gasteiger charge is 2.22. The van der Waals surface area contributed by atoms with Crippen molar-refractivity contribution in [1.29, 1.82) is 0 Å². The summed E-state index contributed by atoms with van der Waals surface area (Å²) in [5, 5.41) is 15.6. The van der Waals surface area contributed by atoms with Gasteiger partial charge in [-0.05, 0) is 55.8 Å². The lowest BCUT2D eigenvalue weighted by Gasteiger charge is -2.29. The van der Waals surface area contributed by atoms with E-state index in [1.165, 1.54) is 0 Å². The Hall–Kier alpha value is -3.12. The topological polar surface area (TPSA) is 67.2 Å². The SMILES string of the molecule is COCCN(/C(=N\O)c1ccc(C)nc1Oc1ccc2ccccc2c1)C(C)C. The van der Waals surface area contributed by atoms with Crippen LogP contribution in [0.5, 0.6) is 11.6 Å². The second kappa shape index (κ2) is 9.39. The minimum atomic E-state index is 0.103. The number of nitrogens with zero attached hydrogens (tertiary/aromatic N) is 3. The molecule has 0 fully saturated rings. The van der Waals surface area contributed by atoms with E-state index in [-0.39, 0.29) is 6.04 Å². The highest BCUT2D eigenvalue weighted by atomic mass is 16.5. The van der Waals surface area contributed by atoms with Crippen molar-refractivity contribution >= 4 is 16.6 Å². The van der Waals surface area contributed by atoms with E-state index in [9.17, 15) is 5.21 Å². The molecule has 1 heterocycles. The molecule has 29 heavy (non-hydrogen) atoms. The molecule has 0 atom stereocenters. The van der Waals surface area contributed by atoms with Gasteiger partial charge < -0.3 is 19.6 Å². The van der Waals surface area contributed by atoms with E-state index >= 15 is 0 Å². The molecule has 0 saturated heterocycles. The molecule has 152 valence electrons. The summed E-state index contributed by atoms with van der Waals surface area (Å²) in [5.41, 5.74) is 1.44. The molecule has 1 N–H and O–H groups in total. The van der Waals surface area contributed by atoms with E-state index in [0.29, 0.717) is 36.2 Å². The first kappa shape index (κ1) is 20.6. The largest absolute Gasteiger partial charge is 0.438 e. The third kappa shape index (κ3) is 4.84. The van der Waals surface area contributed by atoms with Crippen LogP contribution in [0, 0.1) is 6.92 Å². The number of oxime groups is 1. The monoisotopic (exact) mass is 393 g/mol. The third-order valence-corrected chi connectivity index (χ3v) is 4.70. The molecule has 3 aromatic rings. The predicted molar refractivity (Wildman–Crippen MR) is 115 cm³/mol. The number of aryl methyl sites for hydroxylation is 1. The van der Waals surface area contributed by atoms with Gasteiger partial charge in [0.2, 0.25) is 5.88 Å². The summed E-state index contributed by atoms with van der Waals surface area (Å²) >= 11 is 0. The fourth-order valence-corrected chi connectivity index (χ4v) is 3.19. The van der Waals surface area contributed by atoms with Crippen LogP contribution in [0.25, 0.3) is 10.8 Å². The molecule has 0 saturated carbocycles. The zero-order valence-electron chi connectivity index (χ0n) is 17.3. The van der Waals surface area contributed by atoms with Gasteiger partial charge in [-0.3, -0.25) is 0 Å². The molecule has 2 aromatic carbocycles. The maximum atomic E-state index is 9.82. The third-order valence-electron chi connectivity index (χ3n) is 4.70. The number of rotatable bonds is 7. The molecular formula is C23H27N3O3. The molecule has 0 amide bonds. The van der Waals surface area contributed by atoms with Crippen LogP contribution in [0.1, 0.15) is 25.1 Å². The minimum absolute atomic E-state index is 0.103. The molecule has 0 spiro atoms. The number of benzene rings is 2. The number of ether oxygens (including phenoxy) is 2. The quantitative estimate of drug-likeness (QED) is 0.270. The lowest BCUT2D eigenvalue weighted by atomic mass is 10.1. The summed E-state index contributed by atoms with van der Waals surface area (Å²) in [4.78, 5) is 6.53. The van der Waals surface area contributed by atoms with Crippen molar-refractivity contribution in [2.45, 2.75) is 26.8 Å².